The van der Waals surface area contributed by atoms with Gasteiger partial charge >= 0.3 is 0 Å². The Hall–Kier alpha value is -2.15. The zero-order chi connectivity index (χ0) is 15.5. The summed E-state index contributed by atoms with van der Waals surface area (Å²) in [5.74, 6) is 1.23. The molecule has 6 nitrogen and oxygen atoms in total. The molecule has 0 bridgehead atoms. The SMILES string of the molecule is CC(C)c1ccc(Nc2ccc(NS(C)(=O)=O)nn2)cc1. The summed E-state index contributed by atoms with van der Waals surface area (Å²) in [6.07, 6.45) is 1.07. The number of rotatable bonds is 5. The zero-order valence-electron chi connectivity index (χ0n) is 12.2. The molecule has 0 aliphatic heterocycles. The van der Waals surface area contributed by atoms with Crippen LogP contribution in [-0.4, -0.2) is 24.9 Å². The summed E-state index contributed by atoms with van der Waals surface area (Å²) in [5.41, 5.74) is 2.16. The minimum absolute atomic E-state index is 0.193. The fourth-order valence-corrected chi connectivity index (χ4v) is 2.23. The highest BCUT2D eigenvalue weighted by atomic mass is 32.2. The normalized spacial score (nSPS) is 11.4. The molecule has 2 rings (SSSR count). The molecule has 1 aromatic heterocycles. The van der Waals surface area contributed by atoms with Crippen LogP contribution in [0.5, 0.6) is 0 Å². The van der Waals surface area contributed by atoms with E-state index in [4.69, 9.17) is 0 Å². The minimum Gasteiger partial charge on any atom is -0.339 e. The Morgan fingerprint density at radius 2 is 1.52 bits per heavy atom. The third-order valence-corrected chi connectivity index (χ3v) is 3.38. The maximum atomic E-state index is 11.1. The van der Waals surface area contributed by atoms with E-state index in [1.165, 1.54) is 5.56 Å². The Kier molecular flexibility index (Phi) is 4.42. The van der Waals surface area contributed by atoms with Crippen LogP contribution in [0.1, 0.15) is 25.3 Å². The van der Waals surface area contributed by atoms with Crippen molar-refractivity contribution in [3.63, 3.8) is 0 Å². The van der Waals surface area contributed by atoms with Crippen LogP contribution < -0.4 is 10.0 Å². The van der Waals surface area contributed by atoms with Gasteiger partial charge in [0.25, 0.3) is 0 Å². The molecule has 2 aromatic rings. The van der Waals surface area contributed by atoms with Gasteiger partial charge in [0.2, 0.25) is 10.0 Å². The fourth-order valence-electron chi connectivity index (χ4n) is 1.74. The molecule has 7 heteroatoms. The molecule has 112 valence electrons. The first-order valence-electron chi connectivity index (χ1n) is 6.52. The predicted octanol–water partition coefficient (Wildman–Crippen LogP) is 2.72. The number of nitrogens with zero attached hydrogens (tertiary/aromatic N) is 2. The highest BCUT2D eigenvalue weighted by Crippen LogP contribution is 2.19. The van der Waals surface area contributed by atoms with Gasteiger partial charge in [-0.05, 0) is 35.7 Å². The molecule has 0 radical (unpaired) electrons. The van der Waals surface area contributed by atoms with Crippen molar-refractivity contribution in [2.45, 2.75) is 19.8 Å². The van der Waals surface area contributed by atoms with Gasteiger partial charge < -0.3 is 5.32 Å². The summed E-state index contributed by atoms with van der Waals surface area (Å²) in [4.78, 5) is 0. The van der Waals surface area contributed by atoms with E-state index in [0.29, 0.717) is 11.7 Å². The molecule has 0 saturated carbocycles. The highest BCUT2D eigenvalue weighted by molar-refractivity contribution is 7.92. The van der Waals surface area contributed by atoms with Crippen LogP contribution in [0.25, 0.3) is 0 Å². The third-order valence-electron chi connectivity index (χ3n) is 2.80. The summed E-state index contributed by atoms with van der Waals surface area (Å²) in [6.45, 7) is 4.28. The lowest BCUT2D eigenvalue weighted by Gasteiger charge is -2.09. The Morgan fingerprint density at radius 1 is 0.952 bits per heavy atom. The molecular weight excluding hydrogens is 288 g/mol. The van der Waals surface area contributed by atoms with Crippen LogP contribution in [0, 0.1) is 0 Å². The van der Waals surface area contributed by atoms with E-state index < -0.39 is 10.0 Å². The molecule has 0 spiro atoms. The van der Waals surface area contributed by atoms with Crippen molar-refractivity contribution < 1.29 is 8.42 Å². The predicted molar refractivity (Wildman–Crippen MR) is 84.3 cm³/mol. The third kappa shape index (κ3) is 4.71. The lowest BCUT2D eigenvalue weighted by molar-refractivity contribution is 0.606. The average molecular weight is 306 g/mol. The quantitative estimate of drug-likeness (QED) is 0.887. The number of aromatic nitrogens is 2. The summed E-state index contributed by atoms with van der Waals surface area (Å²) in [6, 6.07) is 11.3. The van der Waals surface area contributed by atoms with Gasteiger partial charge in [-0.25, -0.2) is 8.42 Å². The van der Waals surface area contributed by atoms with Crippen molar-refractivity contribution in [3.8, 4) is 0 Å². The van der Waals surface area contributed by atoms with E-state index in [2.05, 4.69) is 46.2 Å². The van der Waals surface area contributed by atoms with Crippen LogP contribution in [0.4, 0.5) is 17.3 Å². The van der Waals surface area contributed by atoms with E-state index in [-0.39, 0.29) is 5.82 Å². The van der Waals surface area contributed by atoms with Crippen molar-refractivity contribution in [2.24, 2.45) is 0 Å². The first-order valence-corrected chi connectivity index (χ1v) is 8.41. The molecule has 1 aromatic carbocycles. The topological polar surface area (TPSA) is 84.0 Å². The van der Waals surface area contributed by atoms with Crippen LogP contribution in [0.2, 0.25) is 0 Å². The highest BCUT2D eigenvalue weighted by Gasteiger charge is 2.04. The van der Waals surface area contributed by atoms with Gasteiger partial charge in [0.15, 0.2) is 11.6 Å². The molecule has 0 amide bonds. The first-order chi connectivity index (χ1) is 9.83. The smallest absolute Gasteiger partial charge is 0.231 e. The van der Waals surface area contributed by atoms with E-state index >= 15 is 0 Å². The van der Waals surface area contributed by atoms with Crippen LogP contribution in [0.3, 0.4) is 0 Å². The molecule has 0 aliphatic rings. The van der Waals surface area contributed by atoms with Gasteiger partial charge in [0.1, 0.15) is 0 Å². The molecule has 21 heavy (non-hydrogen) atoms. The van der Waals surface area contributed by atoms with Crippen molar-refractivity contribution in [2.75, 3.05) is 16.3 Å². The van der Waals surface area contributed by atoms with Gasteiger partial charge in [-0.3, -0.25) is 4.72 Å². The lowest BCUT2D eigenvalue weighted by Crippen LogP contribution is -2.11. The Balaban J connectivity index is 2.06. The van der Waals surface area contributed by atoms with Crippen molar-refractivity contribution in [1.29, 1.82) is 0 Å². The Morgan fingerprint density at radius 3 is 2.00 bits per heavy atom. The second-order valence-corrected chi connectivity index (χ2v) is 6.83. The maximum absolute atomic E-state index is 11.1. The van der Waals surface area contributed by atoms with Crippen LogP contribution in [0.15, 0.2) is 36.4 Å². The Bertz CT molecular complexity index is 695. The zero-order valence-corrected chi connectivity index (χ0v) is 13.0. The largest absolute Gasteiger partial charge is 0.339 e. The van der Waals surface area contributed by atoms with Gasteiger partial charge in [0.05, 0.1) is 6.26 Å². The van der Waals surface area contributed by atoms with Crippen molar-refractivity contribution in [3.05, 3.63) is 42.0 Å². The standard InChI is InChI=1S/C14H18N4O2S/c1-10(2)11-4-6-12(7-5-11)15-13-8-9-14(17-16-13)18-21(3,19)20/h4-10H,1-3H3,(H,15,16)(H,17,18). The van der Waals surface area contributed by atoms with Crippen LogP contribution >= 0.6 is 0 Å². The summed E-state index contributed by atoms with van der Waals surface area (Å²) in [7, 11) is -3.33. The number of hydrogen-bond acceptors (Lipinski definition) is 5. The van der Waals surface area contributed by atoms with Gasteiger partial charge in [-0.15, -0.1) is 10.2 Å². The molecule has 0 atom stereocenters. The minimum atomic E-state index is -3.33. The second-order valence-electron chi connectivity index (χ2n) is 5.08. The lowest BCUT2D eigenvalue weighted by atomic mass is 10.0. The van der Waals surface area contributed by atoms with E-state index in [1.807, 2.05) is 12.1 Å². The summed E-state index contributed by atoms with van der Waals surface area (Å²) >= 11 is 0. The average Bonchev–Trinajstić information content (AvgIpc) is 2.40. The van der Waals surface area contributed by atoms with Gasteiger partial charge in [-0.2, -0.15) is 0 Å². The molecule has 0 unspecified atom stereocenters. The maximum Gasteiger partial charge on any atom is 0.231 e. The second kappa shape index (κ2) is 6.09. The molecule has 1 heterocycles. The Labute approximate surface area is 124 Å². The summed E-state index contributed by atoms with van der Waals surface area (Å²) < 4.78 is 24.4. The van der Waals surface area contributed by atoms with E-state index in [9.17, 15) is 8.42 Å². The molecule has 2 N–H and O–H groups in total. The molecule has 0 aliphatic carbocycles. The number of anilines is 3. The monoisotopic (exact) mass is 306 g/mol. The number of sulfonamides is 1. The molecule has 0 saturated heterocycles. The van der Waals surface area contributed by atoms with Crippen LogP contribution in [-0.2, 0) is 10.0 Å². The fraction of sp³-hybridized carbons (Fsp3) is 0.286. The van der Waals surface area contributed by atoms with Crippen molar-refractivity contribution in [1.82, 2.24) is 10.2 Å². The van der Waals surface area contributed by atoms with E-state index in [0.717, 1.165) is 11.9 Å². The number of benzene rings is 1. The first kappa shape index (κ1) is 15.2. The number of hydrogen-bond donors (Lipinski definition) is 2. The molecular formula is C14H18N4O2S. The summed E-state index contributed by atoms with van der Waals surface area (Å²) in [5, 5.41) is 10.8. The van der Waals surface area contributed by atoms with Gasteiger partial charge in [-0.1, -0.05) is 26.0 Å². The van der Waals surface area contributed by atoms with Crippen molar-refractivity contribution >= 4 is 27.3 Å². The molecule has 0 fully saturated rings. The van der Waals surface area contributed by atoms with Gasteiger partial charge in [0, 0.05) is 5.69 Å². The number of nitrogens with one attached hydrogen (secondary N) is 2. The van der Waals surface area contributed by atoms with E-state index in [1.54, 1.807) is 12.1 Å².